The van der Waals surface area contributed by atoms with E-state index in [0.717, 1.165) is 12.1 Å². The molecule has 0 aromatic heterocycles. The first-order chi connectivity index (χ1) is 8.28. The van der Waals surface area contributed by atoms with Crippen LogP contribution in [0, 0.1) is 0 Å². The van der Waals surface area contributed by atoms with E-state index in [-0.39, 0.29) is 6.61 Å². The molecule has 0 unspecified atom stereocenters. The Labute approximate surface area is 114 Å². The van der Waals surface area contributed by atoms with Crippen molar-refractivity contribution >= 4 is 11.6 Å². The lowest BCUT2D eigenvalue weighted by atomic mass is 10.1. The van der Waals surface area contributed by atoms with Gasteiger partial charge in [-0.1, -0.05) is 31.5 Å². The molecule has 3 nitrogen and oxygen atoms in total. The van der Waals surface area contributed by atoms with Crippen molar-refractivity contribution in [1.29, 1.82) is 0 Å². The molecule has 102 valence electrons. The zero-order valence-corrected chi connectivity index (χ0v) is 12.2. The van der Waals surface area contributed by atoms with Crippen molar-refractivity contribution in [3.63, 3.8) is 0 Å². The van der Waals surface area contributed by atoms with Crippen molar-refractivity contribution in [3.8, 4) is 5.75 Å². The van der Waals surface area contributed by atoms with Gasteiger partial charge in [0.1, 0.15) is 12.4 Å². The van der Waals surface area contributed by atoms with Crippen molar-refractivity contribution in [2.75, 3.05) is 6.61 Å². The van der Waals surface area contributed by atoms with Gasteiger partial charge in [0.25, 0.3) is 0 Å². The van der Waals surface area contributed by atoms with E-state index in [2.05, 4.69) is 19.2 Å². The molecule has 18 heavy (non-hydrogen) atoms. The average Bonchev–Trinajstić information content (AvgIpc) is 2.23. The molecule has 0 bridgehead atoms. The van der Waals surface area contributed by atoms with E-state index >= 15 is 0 Å². The lowest BCUT2D eigenvalue weighted by Gasteiger charge is -2.18. The van der Waals surface area contributed by atoms with Crippen LogP contribution in [0.4, 0.5) is 0 Å². The number of rotatable bonds is 6. The normalized spacial score (nSPS) is 11.9. The number of benzene rings is 1. The first-order valence-electron chi connectivity index (χ1n) is 6.15. The van der Waals surface area contributed by atoms with Gasteiger partial charge in [0.15, 0.2) is 0 Å². The second-order valence-electron chi connectivity index (χ2n) is 5.40. The maximum absolute atomic E-state index is 9.59. The maximum Gasteiger partial charge on any atom is 0.138 e. The molecule has 0 aliphatic rings. The molecule has 0 fully saturated rings. The van der Waals surface area contributed by atoms with Crippen molar-refractivity contribution in [1.82, 2.24) is 5.32 Å². The predicted molar refractivity (Wildman–Crippen MR) is 75.2 cm³/mol. The zero-order valence-electron chi connectivity index (χ0n) is 11.5. The summed E-state index contributed by atoms with van der Waals surface area (Å²) in [6.07, 6.45) is 0. The standard InChI is InChI=1S/C14H22ClNO2/c1-10(2)16-8-11-5-6-13(12(15)7-11)18-9-14(3,4)17/h5-7,10,16-17H,8-9H2,1-4H3. The van der Waals surface area contributed by atoms with Crippen LogP contribution in [-0.2, 0) is 6.54 Å². The number of hydrogen-bond donors (Lipinski definition) is 2. The third kappa shape index (κ3) is 5.71. The topological polar surface area (TPSA) is 41.5 Å². The van der Waals surface area contributed by atoms with E-state index < -0.39 is 5.60 Å². The molecule has 0 aliphatic carbocycles. The third-order valence-corrected chi connectivity index (χ3v) is 2.59. The van der Waals surface area contributed by atoms with E-state index in [4.69, 9.17) is 16.3 Å². The molecule has 2 N–H and O–H groups in total. The van der Waals surface area contributed by atoms with Crippen LogP contribution in [0.15, 0.2) is 18.2 Å². The summed E-state index contributed by atoms with van der Waals surface area (Å²) in [4.78, 5) is 0. The second kappa shape index (κ2) is 6.41. The summed E-state index contributed by atoms with van der Waals surface area (Å²) in [6.45, 7) is 8.59. The van der Waals surface area contributed by atoms with Crippen LogP contribution in [0.5, 0.6) is 5.75 Å². The second-order valence-corrected chi connectivity index (χ2v) is 5.81. The van der Waals surface area contributed by atoms with Gasteiger partial charge in [-0.25, -0.2) is 0 Å². The van der Waals surface area contributed by atoms with E-state index in [0.29, 0.717) is 16.8 Å². The molecule has 0 atom stereocenters. The summed E-state index contributed by atoms with van der Waals surface area (Å²) in [6, 6.07) is 6.14. The number of hydrogen-bond acceptors (Lipinski definition) is 3. The Bertz CT molecular complexity index is 386. The van der Waals surface area contributed by atoms with Crippen molar-refractivity contribution in [2.24, 2.45) is 0 Å². The molecule has 4 heteroatoms. The fourth-order valence-corrected chi connectivity index (χ4v) is 1.61. The van der Waals surface area contributed by atoms with Gasteiger partial charge in [0.05, 0.1) is 10.6 Å². The van der Waals surface area contributed by atoms with Crippen LogP contribution in [-0.4, -0.2) is 23.4 Å². The summed E-state index contributed by atoms with van der Waals surface area (Å²) in [5.74, 6) is 0.604. The number of halogens is 1. The van der Waals surface area contributed by atoms with Crippen molar-refractivity contribution in [3.05, 3.63) is 28.8 Å². The van der Waals surface area contributed by atoms with Gasteiger partial charge < -0.3 is 15.2 Å². The summed E-state index contributed by atoms with van der Waals surface area (Å²) in [7, 11) is 0. The highest BCUT2D eigenvalue weighted by Gasteiger charge is 2.14. The monoisotopic (exact) mass is 271 g/mol. The van der Waals surface area contributed by atoms with Crippen molar-refractivity contribution < 1.29 is 9.84 Å². The minimum absolute atomic E-state index is 0.219. The molecular weight excluding hydrogens is 250 g/mol. The Balaban J connectivity index is 2.62. The van der Waals surface area contributed by atoms with Crippen molar-refractivity contribution in [2.45, 2.75) is 45.9 Å². The molecule has 0 aliphatic heterocycles. The molecule has 0 heterocycles. The quantitative estimate of drug-likeness (QED) is 0.836. The summed E-state index contributed by atoms with van der Waals surface area (Å²) < 4.78 is 5.48. The Kier molecular flexibility index (Phi) is 5.45. The molecule has 1 aromatic rings. The molecule has 0 saturated heterocycles. The van der Waals surface area contributed by atoms with E-state index in [1.54, 1.807) is 13.8 Å². The Hall–Kier alpha value is -0.770. The minimum atomic E-state index is -0.860. The van der Waals surface area contributed by atoms with E-state index in [1.165, 1.54) is 0 Å². The van der Waals surface area contributed by atoms with E-state index in [1.807, 2.05) is 18.2 Å². The predicted octanol–water partition coefficient (Wildman–Crippen LogP) is 2.99. The maximum atomic E-state index is 9.59. The Morgan fingerprint density at radius 1 is 1.39 bits per heavy atom. The smallest absolute Gasteiger partial charge is 0.138 e. The fourth-order valence-electron chi connectivity index (χ4n) is 1.35. The molecular formula is C14H22ClNO2. The van der Waals surface area contributed by atoms with Gasteiger partial charge in [-0.2, -0.15) is 0 Å². The van der Waals surface area contributed by atoms with Crippen LogP contribution < -0.4 is 10.1 Å². The highest BCUT2D eigenvalue weighted by Crippen LogP contribution is 2.26. The molecule has 0 amide bonds. The highest BCUT2D eigenvalue weighted by molar-refractivity contribution is 6.32. The summed E-state index contributed by atoms with van der Waals surface area (Å²) >= 11 is 6.14. The van der Waals surface area contributed by atoms with Crippen LogP contribution in [0.25, 0.3) is 0 Å². The lowest BCUT2D eigenvalue weighted by Crippen LogP contribution is -2.28. The summed E-state index contributed by atoms with van der Waals surface area (Å²) in [5, 5.41) is 13.5. The SMILES string of the molecule is CC(C)NCc1ccc(OCC(C)(C)O)c(Cl)c1. The first kappa shape index (κ1) is 15.3. The van der Waals surface area contributed by atoms with Gasteiger partial charge in [0.2, 0.25) is 0 Å². The molecule has 0 saturated carbocycles. The number of aliphatic hydroxyl groups is 1. The van der Waals surface area contributed by atoms with Crippen LogP contribution >= 0.6 is 11.6 Å². The average molecular weight is 272 g/mol. The van der Waals surface area contributed by atoms with Gasteiger partial charge in [-0.15, -0.1) is 0 Å². The van der Waals surface area contributed by atoms with Gasteiger partial charge >= 0.3 is 0 Å². The fraction of sp³-hybridized carbons (Fsp3) is 0.571. The number of ether oxygens (including phenoxy) is 1. The van der Waals surface area contributed by atoms with Crippen LogP contribution in [0.2, 0.25) is 5.02 Å². The largest absolute Gasteiger partial charge is 0.489 e. The van der Waals surface area contributed by atoms with Crippen LogP contribution in [0.3, 0.4) is 0 Å². The zero-order chi connectivity index (χ0) is 13.8. The van der Waals surface area contributed by atoms with Gasteiger partial charge in [-0.05, 0) is 31.5 Å². The van der Waals surface area contributed by atoms with Gasteiger partial charge in [-0.3, -0.25) is 0 Å². The molecule has 1 rings (SSSR count). The highest BCUT2D eigenvalue weighted by atomic mass is 35.5. The molecule has 1 aromatic carbocycles. The lowest BCUT2D eigenvalue weighted by molar-refractivity contribution is 0.0285. The number of nitrogens with one attached hydrogen (secondary N) is 1. The van der Waals surface area contributed by atoms with Gasteiger partial charge in [0, 0.05) is 12.6 Å². The van der Waals surface area contributed by atoms with E-state index in [9.17, 15) is 5.11 Å². The minimum Gasteiger partial charge on any atom is -0.489 e. The molecule has 0 spiro atoms. The Morgan fingerprint density at radius 2 is 2.06 bits per heavy atom. The first-order valence-corrected chi connectivity index (χ1v) is 6.53. The Morgan fingerprint density at radius 3 is 2.56 bits per heavy atom. The third-order valence-electron chi connectivity index (χ3n) is 2.29. The molecule has 0 radical (unpaired) electrons. The summed E-state index contributed by atoms with van der Waals surface area (Å²) in [5.41, 5.74) is 0.255. The van der Waals surface area contributed by atoms with Crippen LogP contribution in [0.1, 0.15) is 33.3 Å².